The third-order valence-electron chi connectivity index (χ3n) is 3.05. The lowest BCUT2D eigenvalue weighted by molar-refractivity contribution is -0.121. The van der Waals surface area contributed by atoms with Gasteiger partial charge in [-0.15, -0.1) is 0 Å². The van der Waals surface area contributed by atoms with Gasteiger partial charge in [-0.1, -0.05) is 32.0 Å². The molecule has 0 saturated carbocycles. The van der Waals surface area contributed by atoms with E-state index in [4.69, 9.17) is 0 Å². The first-order chi connectivity index (χ1) is 9.54. The fraction of sp³-hybridized carbons (Fsp3) is 0.375. The molecule has 2 rings (SSSR count). The number of hydrogen-bond donors (Lipinski definition) is 1. The summed E-state index contributed by atoms with van der Waals surface area (Å²) in [5, 5.41) is 7.13. The number of aromatic nitrogens is 2. The van der Waals surface area contributed by atoms with Crippen LogP contribution >= 0.6 is 0 Å². The average Bonchev–Trinajstić information content (AvgIpc) is 2.83. The average molecular weight is 271 g/mol. The van der Waals surface area contributed by atoms with E-state index < -0.39 is 0 Å². The summed E-state index contributed by atoms with van der Waals surface area (Å²) in [7, 11) is 1.90. The van der Waals surface area contributed by atoms with Crippen molar-refractivity contribution in [3.05, 3.63) is 42.2 Å². The van der Waals surface area contributed by atoms with Crippen molar-refractivity contribution in [3.8, 4) is 11.1 Å². The SMILES string of the molecule is CC(C)CC(=O)NCc1cccc(-c2cnn(C)c2)c1. The zero-order valence-electron chi connectivity index (χ0n) is 12.3. The Hall–Kier alpha value is -2.10. The Balaban J connectivity index is 2.01. The summed E-state index contributed by atoms with van der Waals surface area (Å²) in [5.41, 5.74) is 3.31. The summed E-state index contributed by atoms with van der Waals surface area (Å²) in [4.78, 5) is 11.7. The van der Waals surface area contributed by atoms with Gasteiger partial charge in [0, 0.05) is 31.8 Å². The van der Waals surface area contributed by atoms with Crippen LogP contribution in [-0.2, 0) is 18.4 Å². The second-order valence-corrected chi connectivity index (χ2v) is 5.48. The molecule has 2 aromatic rings. The minimum Gasteiger partial charge on any atom is -0.352 e. The Morgan fingerprint density at radius 1 is 1.35 bits per heavy atom. The summed E-state index contributed by atoms with van der Waals surface area (Å²) in [5.74, 6) is 0.489. The summed E-state index contributed by atoms with van der Waals surface area (Å²) < 4.78 is 1.78. The zero-order chi connectivity index (χ0) is 14.5. The smallest absolute Gasteiger partial charge is 0.220 e. The van der Waals surface area contributed by atoms with Gasteiger partial charge in [-0.2, -0.15) is 5.10 Å². The van der Waals surface area contributed by atoms with Gasteiger partial charge in [0.05, 0.1) is 6.20 Å². The third-order valence-corrected chi connectivity index (χ3v) is 3.05. The maximum absolute atomic E-state index is 11.7. The van der Waals surface area contributed by atoms with Crippen LogP contribution < -0.4 is 5.32 Å². The molecule has 1 N–H and O–H groups in total. The van der Waals surface area contributed by atoms with Gasteiger partial charge in [-0.05, 0) is 23.1 Å². The lowest BCUT2D eigenvalue weighted by Gasteiger charge is -2.08. The Morgan fingerprint density at radius 3 is 2.80 bits per heavy atom. The molecule has 0 bridgehead atoms. The minimum atomic E-state index is 0.104. The maximum Gasteiger partial charge on any atom is 0.220 e. The van der Waals surface area contributed by atoms with Crippen molar-refractivity contribution in [1.29, 1.82) is 0 Å². The molecule has 1 aromatic heterocycles. The van der Waals surface area contributed by atoms with Crippen LogP contribution in [0.4, 0.5) is 0 Å². The molecule has 4 nitrogen and oxygen atoms in total. The number of carbonyl (C=O) groups is 1. The molecule has 4 heteroatoms. The van der Waals surface area contributed by atoms with E-state index >= 15 is 0 Å². The standard InChI is InChI=1S/C16H21N3O/c1-12(2)7-16(20)17-9-13-5-4-6-14(8-13)15-10-18-19(3)11-15/h4-6,8,10-12H,7,9H2,1-3H3,(H,17,20). The van der Waals surface area contributed by atoms with Crippen molar-refractivity contribution >= 4 is 5.91 Å². The van der Waals surface area contributed by atoms with Gasteiger partial charge < -0.3 is 5.32 Å². The second-order valence-electron chi connectivity index (χ2n) is 5.48. The number of carbonyl (C=O) groups excluding carboxylic acids is 1. The minimum absolute atomic E-state index is 0.104. The van der Waals surface area contributed by atoms with Crippen molar-refractivity contribution in [2.45, 2.75) is 26.8 Å². The quantitative estimate of drug-likeness (QED) is 0.909. The Labute approximate surface area is 119 Å². The summed E-state index contributed by atoms with van der Waals surface area (Å²) in [6.45, 7) is 4.66. The van der Waals surface area contributed by atoms with Crippen LogP contribution in [0, 0.1) is 5.92 Å². The lowest BCUT2D eigenvalue weighted by Crippen LogP contribution is -2.23. The van der Waals surface area contributed by atoms with Gasteiger partial charge in [-0.3, -0.25) is 9.48 Å². The van der Waals surface area contributed by atoms with Gasteiger partial charge in [0.15, 0.2) is 0 Å². The van der Waals surface area contributed by atoms with Crippen LogP contribution in [-0.4, -0.2) is 15.7 Å². The third kappa shape index (κ3) is 3.95. The molecule has 0 aliphatic carbocycles. The number of hydrogen-bond acceptors (Lipinski definition) is 2. The normalized spacial score (nSPS) is 10.8. The van der Waals surface area contributed by atoms with E-state index in [0.717, 1.165) is 16.7 Å². The fourth-order valence-corrected chi connectivity index (χ4v) is 2.07. The molecule has 0 spiro atoms. The Kier molecular flexibility index (Phi) is 4.56. The first-order valence-corrected chi connectivity index (χ1v) is 6.89. The highest BCUT2D eigenvalue weighted by molar-refractivity contribution is 5.76. The van der Waals surface area contributed by atoms with Crippen LogP contribution in [0.15, 0.2) is 36.7 Å². The van der Waals surface area contributed by atoms with Gasteiger partial charge in [0.1, 0.15) is 0 Å². The molecule has 0 radical (unpaired) electrons. The first-order valence-electron chi connectivity index (χ1n) is 6.89. The van der Waals surface area contributed by atoms with Gasteiger partial charge in [-0.25, -0.2) is 0 Å². The van der Waals surface area contributed by atoms with E-state index in [0.29, 0.717) is 18.9 Å². The van der Waals surface area contributed by atoms with Crippen molar-refractivity contribution in [2.24, 2.45) is 13.0 Å². The Morgan fingerprint density at radius 2 is 2.15 bits per heavy atom. The predicted octanol–water partition coefficient (Wildman–Crippen LogP) is 2.75. The van der Waals surface area contributed by atoms with Crippen LogP contribution in [0.25, 0.3) is 11.1 Å². The van der Waals surface area contributed by atoms with E-state index in [2.05, 4.69) is 22.5 Å². The van der Waals surface area contributed by atoms with Crippen LogP contribution in [0.3, 0.4) is 0 Å². The molecular weight excluding hydrogens is 250 g/mol. The monoisotopic (exact) mass is 271 g/mol. The Bertz CT molecular complexity index is 587. The second kappa shape index (κ2) is 6.37. The molecule has 1 amide bonds. The number of rotatable bonds is 5. The van der Waals surface area contributed by atoms with Crippen LogP contribution in [0.1, 0.15) is 25.8 Å². The van der Waals surface area contributed by atoms with Crippen molar-refractivity contribution in [3.63, 3.8) is 0 Å². The van der Waals surface area contributed by atoms with Crippen LogP contribution in [0.2, 0.25) is 0 Å². The van der Waals surface area contributed by atoms with E-state index in [1.807, 2.05) is 45.4 Å². The summed E-state index contributed by atoms with van der Waals surface area (Å²) in [6.07, 6.45) is 4.40. The van der Waals surface area contributed by atoms with E-state index in [9.17, 15) is 4.79 Å². The molecule has 20 heavy (non-hydrogen) atoms. The molecule has 0 unspecified atom stereocenters. The van der Waals surface area contributed by atoms with Gasteiger partial charge in [0.25, 0.3) is 0 Å². The van der Waals surface area contributed by atoms with Crippen LogP contribution in [0.5, 0.6) is 0 Å². The molecule has 106 valence electrons. The summed E-state index contributed by atoms with van der Waals surface area (Å²) in [6, 6.07) is 8.17. The number of nitrogens with one attached hydrogen (secondary N) is 1. The molecule has 0 fully saturated rings. The highest BCUT2D eigenvalue weighted by Crippen LogP contribution is 2.19. The first kappa shape index (κ1) is 14.3. The van der Waals surface area contributed by atoms with E-state index in [-0.39, 0.29) is 5.91 Å². The summed E-state index contributed by atoms with van der Waals surface area (Å²) >= 11 is 0. The van der Waals surface area contributed by atoms with Crippen molar-refractivity contribution in [1.82, 2.24) is 15.1 Å². The number of aryl methyl sites for hydroxylation is 1. The predicted molar refractivity (Wildman–Crippen MR) is 79.9 cm³/mol. The van der Waals surface area contributed by atoms with Gasteiger partial charge >= 0.3 is 0 Å². The lowest BCUT2D eigenvalue weighted by atomic mass is 10.1. The largest absolute Gasteiger partial charge is 0.352 e. The van der Waals surface area contributed by atoms with Gasteiger partial charge in [0.2, 0.25) is 5.91 Å². The molecule has 1 heterocycles. The molecule has 0 atom stereocenters. The van der Waals surface area contributed by atoms with E-state index in [1.54, 1.807) is 4.68 Å². The zero-order valence-corrected chi connectivity index (χ0v) is 12.3. The molecular formula is C16H21N3O. The number of nitrogens with zero attached hydrogens (tertiary/aromatic N) is 2. The molecule has 0 aliphatic rings. The number of benzene rings is 1. The van der Waals surface area contributed by atoms with E-state index in [1.165, 1.54) is 0 Å². The van der Waals surface area contributed by atoms with Crippen molar-refractivity contribution < 1.29 is 4.79 Å². The molecule has 0 aliphatic heterocycles. The van der Waals surface area contributed by atoms with Crippen molar-refractivity contribution in [2.75, 3.05) is 0 Å². The molecule has 0 saturated heterocycles. The maximum atomic E-state index is 11.7. The topological polar surface area (TPSA) is 46.9 Å². The highest BCUT2D eigenvalue weighted by Gasteiger charge is 2.05. The highest BCUT2D eigenvalue weighted by atomic mass is 16.1. The molecule has 1 aromatic carbocycles. The number of amides is 1. The fourth-order valence-electron chi connectivity index (χ4n) is 2.07.